The molecule has 0 radical (unpaired) electrons. The number of nitrogens with two attached hydrogens (primary N) is 1. The zero-order valence-electron chi connectivity index (χ0n) is 10.3. The lowest BCUT2D eigenvalue weighted by atomic mass is 10.2. The molecule has 19 heavy (non-hydrogen) atoms. The molecule has 0 amide bonds. The Morgan fingerprint density at radius 3 is 2.53 bits per heavy atom. The van der Waals surface area contributed by atoms with Crippen molar-refractivity contribution < 1.29 is 13.2 Å². The largest absolute Gasteiger partial charge is 0.433 e. The highest BCUT2D eigenvalue weighted by Crippen LogP contribution is 2.32. The van der Waals surface area contributed by atoms with Crippen LogP contribution in [0.2, 0.25) is 0 Å². The Hall–Kier alpha value is -2.12. The fourth-order valence-electron chi connectivity index (χ4n) is 1.57. The van der Waals surface area contributed by atoms with Crippen molar-refractivity contribution in [3.8, 4) is 0 Å². The molecule has 0 aliphatic rings. The molecule has 0 saturated heterocycles. The van der Waals surface area contributed by atoms with Crippen LogP contribution in [0.1, 0.15) is 19.5 Å². The summed E-state index contributed by atoms with van der Waals surface area (Å²) in [6.45, 7) is 3.58. The van der Waals surface area contributed by atoms with Gasteiger partial charge in [-0.3, -0.25) is 0 Å². The number of aromatic nitrogens is 3. The van der Waals surface area contributed by atoms with E-state index in [4.69, 9.17) is 5.73 Å². The van der Waals surface area contributed by atoms with Crippen molar-refractivity contribution in [2.24, 2.45) is 0 Å². The summed E-state index contributed by atoms with van der Waals surface area (Å²) < 4.78 is 38.3. The van der Waals surface area contributed by atoms with Gasteiger partial charge in [-0.25, -0.2) is 15.0 Å². The van der Waals surface area contributed by atoms with E-state index in [9.17, 15) is 13.2 Å². The smallest absolute Gasteiger partial charge is 0.368 e. The van der Waals surface area contributed by atoms with Gasteiger partial charge in [0.1, 0.15) is 11.2 Å². The third-order valence-electron chi connectivity index (χ3n) is 2.30. The molecule has 0 unspecified atom stereocenters. The van der Waals surface area contributed by atoms with E-state index in [-0.39, 0.29) is 28.7 Å². The fraction of sp³-hybridized carbons (Fsp3) is 0.364. The lowest BCUT2D eigenvalue weighted by molar-refractivity contribution is -0.141. The van der Waals surface area contributed by atoms with Crippen LogP contribution in [-0.2, 0) is 6.18 Å². The van der Waals surface area contributed by atoms with E-state index in [2.05, 4.69) is 20.3 Å². The summed E-state index contributed by atoms with van der Waals surface area (Å²) in [6, 6.07) is 0.815. The Labute approximate surface area is 107 Å². The number of hydrogen-bond acceptors (Lipinski definition) is 5. The second kappa shape index (κ2) is 4.52. The van der Waals surface area contributed by atoms with Crippen molar-refractivity contribution in [3.63, 3.8) is 0 Å². The van der Waals surface area contributed by atoms with E-state index in [0.717, 1.165) is 6.07 Å². The summed E-state index contributed by atoms with van der Waals surface area (Å²) >= 11 is 0. The van der Waals surface area contributed by atoms with Crippen LogP contribution in [-0.4, -0.2) is 21.0 Å². The minimum atomic E-state index is -4.52. The van der Waals surface area contributed by atoms with Gasteiger partial charge in [0.25, 0.3) is 0 Å². The topological polar surface area (TPSA) is 76.7 Å². The van der Waals surface area contributed by atoms with Crippen LogP contribution in [0.3, 0.4) is 0 Å². The van der Waals surface area contributed by atoms with Gasteiger partial charge in [0.2, 0.25) is 5.95 Å². The predicted octanol–water partition coefficient (Wildman–Crippen LogP) is 2.45. The zero-order chi connectivity index (χ0) is 14.2. The number of hydrogen-bond donors (Lipinski definition) is 2. The summed E-state index contributed by atoms with van der Waals surface area (Å²) in [5.74, 6) is 0.0368. The molecule has 0 atom stereocenters. The third-order valence-corrected chi connectivity index (χ3v) is 2.30. The van der Waals surface area contributed by atoms with Gasteiger partial charge in [-0.2, -0.15) is 13.2 Å². The van der Waals surface area contributed by atoms with Crippen molar-refractivity contribution in [2.75, 3.05) is 11.1 Å². The Morgan fingerprint density at radius 2 is 1.95 bits per heavy atom. The highest BCUT2D eigenvalue weighted by molar-refractivity contribution is 5.88. The van der Waals surface area contributed by atoms with Gasteiger partial charge >= 0.3 is 6.18 Å². The predicted molar refractivity (Wildman–Crippen MR) is 65.5 cm³/mol. The molecule has 0 aliphatic carbocycles. The molecule has 0 spiro atoms. The normalized spacial score (nSPS) is 12.1. The molecule has 8 heteroatoms. The van der Waals surface area contributed by atoms with Crippen LogP contribution >= 0.6 is 0 Å². The second-order valence-corrected chi connectivity index (χ2v) is 4.32. The van der Waals surface area contributed by atoms with Gasteiger partial charge in [0.05, 0.1) is 0 Å². The maximum absolute atomic E-state index is 12.8. The SMILES string of the molecule is CC(C)Nc1nc(C(F)(F)F)cc2cnc(N)nc12. The van der Waals surface area contributed by atoms with Gasteiger partial charge in [-0.1, -0.05) is 0 Å². The Balaban J connectivity index is 2.69. The summed E-state index contributed by atoms with van der Waals surface area (Å²) in [7, 11) is 0. The van der Waals surface area contributed by atoms with E-state index in [1.165, 1.54) is 6.20 Å². The quantitative estimate of drug-likeness (QED) is 0.877. The van der Waals surface area contributed by atoms with E-state index >= 15 is 0 Å². The molecule has 0 aromatic carbocycles. The minimum absolute atomic E-state index is 0.0131. The number of pyridine rings is 1. The first kappa shape index (κ1) is 13.3. The van der Waals surface area contributed by atoms with Crippen LogP contribution in [0.15, 0.2) is 12.3 Å². The van der Waals surface area contributed by atoms with Gasteiger partial charge in [-0.15, -0.1) is 0 Å². The molecule has 0 saturated carbocycles. The molecule has 0 bridgehead atoms. The molecule has 3 N–H and O–H groups in total. The number of fused-ring (bicyclic) bond motifs is 1. The number of rotatable bonds is 2. The van der Waals surface area contributed by atoms with Crippen molar-refractivity contribution in [1.29, 1.82) is 0 Å². The molecular weight excluding hydrogens is 259 g/mol. The molecule has 2 heterocycles. The Morgan fingerprint density at radius 1 is 1.26 bits per heavy atom. The zero-order valence-corrected chi connectivity index (χ0v) is 10.3. The fourth-order valence-corrected chi connectivity index (χ4v) is 1.57. The van der Waals surface area contributed by atoms with Gasteiger partial charge in [0, 0.05) is 17.6 Å². The molecular formula is C11H12F3N5. The average Bonchev–Trinajstić information content (AvgIpc) is 2.27. The maximum atomic E-state index is 12.8. The molecule has 0 aliphatic heterocycles. The summed E-state index contributed by atoms with van der Waals surface area (Å²) in [5, 5.41) is 3.07. The summed E-state index contributed by atoms with van der Waals surface area (Å²) in [6.07, 6.45) is -3.27. The first-order valence-electron chi connectivity index (χ1n) is 5.54. The van der Waals surface area contributed by atoms with Crippen molar-refractivity contribution >= 4 is 22.7 Å². The number of nitrogens with zero attached hydrogens (tertiary/aromatic N) is 3. The van der Waals surface area contributed by atoms with Crippen molar-refractivity contribution in [3.05, 3.63) is 18.0 Å². The Bertz CT molecular complexity index is 609. The van der Waals surface area contributed by atoms with E-state index in [1.807, 2.05) is 0 Å². The third kappa shape index (κ3) is 2.83. The molecule has 2 aromatic rings. The number of alkyl halides is 3. The number of anilines is 2. The molecule has 2 aromatic heterocycles. The summed E-state index contributed by atoms with van der Waals surface area (Å²) in [5.41, 5.74) is 4.73. The van der Waals surface area contributed by atoms with E-state index < -0.39 is 11.9 Å². The van der Waals surface area contributed by atoms with E-state index in [0.29, 0.717) is 0 Å². The maximum Gasteiger partial charge on any atom is 0.433 e. The van der Waals surface area contributed by atoms with Crippen LogP contribution in [0.4, 0.5) is 24.9 Å². The standard InChI is InChI=1S/C11H12F3N5/c1-5(2)17-9-8-6(4-16-10(15)19-8)3-7(18-9)11(12,13)14/h3-5H,1-2H3,(H,17,18)(H2,15,16,19). The van der Waals surface area contributed by atoms with Crippen LogP contribution in [0.5, 0.6) is 0 Å². The van der Waals surface area contributed by atoms with E-state index in [1.54, 1.807) is 13.8 Å². The summed E-state index contributed by atoms with van der Waals surface area (Å²) in [4.78, 5) is 11.2. The first-order valence-corrected chi connectivity index (χ1v) is 5.54. The lowest BCUT2D eigenvalue weighted by Gasteiger charge is -2.14. The highest BCUT2D eigenvalue weighted by Gasteiger charge is 2.33. The van der Waals surface area contributed by atoms with Crippen LogP contribution in [0.25, 0.3) is 10.9 Å². The average molecular weight is 271 g/mol. The van der Waals surface area contributed by atoms with Gasteiger partial charge in [-0.05, 0) is 19.9 Å². The Kier molecular flexibility index (Phi) is 3.17. The van der Waals surface area contributed by atoms with Crippen LogP contribution in [0, 0.1) is 0 Å². The van der Waals surface area contributed by atoms with Gasteiger partial charge < -0.3 is 11.1 Å². The van der Waals surface area contributed by atoms with Gasteiger partial charge in [0.15, 0.2) is 5.82 Å². The molecule has 5 nitrogen and oxygen atoms in total. The number of nitrogen functional groups attached to an aromatic ring is 1. The van der Waals surface area contributed by atoms with Crippen molar-refractivity contribution in [1.82, 2.24) is 15.0 Å². The van der Waals surface area contributed by atoms with Crippen LogP contribution < -0.4 is 11.1 Å². The molecule has 102 valence electrons. The molecule has 0 fully saturated rings. The first-order chi connectivity index (χ1) is 8.77. The number of nitrogens with one attached hydrogen (secondary N) is 1. The number of halogens is 3. The minimum Gasteiger partial charge on any atom is -0.368 e. The highest BCUT2D eigenvalue weighted by atomic mass is 19.4. The van der Waals surface area contributed by atoms with Crippen molar-refractivity contribution in [2.45, 2.75) is 26.1 Å². The molecule has 2 rings (SSSR count). The lowest BCUT2D eigenvalue weighted by Crippen LogP contribution is -2.16. The second-order valence-electron chi connectivity index (χ2n) is 4.32. The monoisotopic (exact) mass is 271 g/mol.